The maximum atomic E-state index is 6.52. The van der Waals surface area contributed by atoms with E-state index in [2.05, 4.69) is 31.8 Å². The molecule has 0 radical (unpaired) electrons. The lowest BCUT2D eigenvalue weighted by Crippen LogP contribution is -2.31. The van der Waals surface area contributed by atoms with Crippen LogP contribution in [0, 0.1) is 25.7 Å². The van der Waals surface area contributed by atoms with E-state index < -0.39 is 0 Å². The van der Waals surface area contributed by atoms with Gasteiger partial charge < -0.3 is 5.73 Å². The Labute approximate surface area is 111 Å². The Morgan fingerprint density at radius 3 is 2.72 bits per heavy atom. The van der Waals surface area contributed by atoms with Crippen LogP contribution < -0.4 is 5.73 Å². The average Bonchev–Trinajstić information content (AvgIpc) is 2.38. The highest BCUT2D eigenvalue weighted by Gasteiger charge is 2.30. The highest BCUT2D eigenvalue weighted by Crippen LogP contribution is 2.39. The van der Waals surface area contributed by atoms with E-state index >= 15 is 0 Å². The normalized spacial score (nSPS) is 26.0. The lowest BCUT2D eigenvalue weighted by atomic mass is 9.73. The maximum absolute atomic E-state index is 6.52. The first-order chi connectivity index (χ1) is 8.63. The van der Waals surface area contributed by atoms with Gasteiger partial charge in [0.2, 0.25) is 0 Å². The van der Waals surface area contributed by atoms with Crippen molar-refractivity contribution in [3.8, 4) is 0 Å². The van der Waals surface area contributed by atoms with Crippen LogP contribution in [-0.2, 0) is 0 Å². The standard InChI is InChI=1S/C16H26N2/c1-4-13-7-5-6-8-14(13)15(17)16-12(3)9-11(2)10-18-16/h9-10,13-15H,4-8,17H2,1-3H3. The summed E-state index contributed by atoms with van der Waals surface area (Å²) in [6.07, 6.45) is 8.53. The molecule has 100 valence electrons. The smallest absolute Gasteiger partial charge is 0.0603 e. The van der Waals surface area contributed by atoms with E-state index in [1.54, 1.807) is 0 Å². The van der Waals surface area contributed by atoms with E-state index in [9.17, 15) is 0 Å². The molecule has 18 heavy (non-hydrogen) atoms. The molecule has 1 aliphatic rings. The fourth-order valence-electron chi connectivity index (χ4n) is 3.49. The first-order valence-electron chi connectivity index (χ1n) is 7.32. The van der Waals surface area contributed by atoms with E-state index in [-0.39, 0.29) is 6.04 Å². The number of nitrogens with two attached hydrogens (primary N) is 1. The van der Waals surface area contributed by atoms with E-state index in [0.29, 0.717) is 5.92 Å². The molecule has 0 aliphatic heterocycles. The molecule has 1 saturated carbocycles. The van der Waals surface area contributed by atoms with Gasteiger partial charge in [0.05, 0.1) is 11.7 Å². The monoisotopic (exact) mass is 246 g/mol. The summed E-state index contributed by atoms with van der Waals surface area (Å²) >= 11 is 0. The zero-order valence-corrected chi connectivity index (χ0v) is 11.9. The topological polar surface area (TPSA) is 38.9 Å². The van der Waals surface area contributed by atoms with Gasteiger partial charge in [0.15, 0.2) is 0 Å². The zero-order chi connectivity index (χ0) is 13.1. The van der Waals surface area contributed by atoms with Gasteiger partial charge in [-0.15, -0.1) is 0 Å². The van der Waals surface area contributed by atoms with Crippen LogP contribution in [0.5, 0.6) is 0 Å². The van der Waals surface area contributed by atoms with Gasteiger partial charge in [0.1, 0.15) is 0 Å². The number of pyridine rings is 1. The van der Waals surface area contributed by atoms with Crippen LogP contribution in [-0.4, -0.2) is 4.98 Å². The van der Waals surface area contributed by atoms with E-state index in [1.807, 2.05) is 6.20 Å². The molecule has 3 unspecified atom stereocenters. The van der Waals surface area contributed by atoms with Crippen LogP contribution >= 0.6 is 0 Å². The minimum absolute atomic E-state index is 0.121. The lowest BCUT2D eigenvalue weighted by molar-refractivity contribution is 0.194. The van der Waals surface area contributed by atoms with Crippen LogP contribution in [0.25, 0.3) is 0 Å². The van der Waals surface area contributed by atoms with E-state index in [0.717, 1.165) is 11.6 Å². The minimum Gasteiger partial charge on any atom is -0.322 e. The number of aromatic nitrogens is 1. The molecule has 0 bridgehead atoms. The highest BCUT2D eigenvalue weighted by molar-refractivity contribution is 5.26. The highest BCUT2D eigenvalue weighted by atomic mass is 14.8. The molecule has 0 spiro atoms. The van der Waals surface area contributed by atoms with Gasteiger partial charge in [-0.3, -0.25) is 4.98 Å². The summed E-state index contributed by atoms with van der Waals surface area (Å²) < 4.78 is 0. The Balaban J connectivity index is 2.20. The average molecular weight is 246 g/mol. The van der Waals surface area contributed by atoms with Gasteiger partial charge in [-0.1, -0.05) is 38.7 Å². The SMILES string of the molecule is CCC1CCCCC1C(N)c1ncc(C)cc1C. The molecular formula is C16H26N2. The predicted octanol–water partition coefficient (Wildman–Crippen LogP) is 3.91. The van der Waals surface area contributed by atoms with Crippen LogP contribution in [0.1, 0.15) is 61.9 Å². The molecule has 0 saturated heterocycles. The van der Waals surface area contributed by atoms with Crippen LogP contribution in [0.3, 0.4) is 0 Å². The van der Waals surface area contributed by atoms with Gasteiger partial charge >= 0.3 is 0 Å². The molecule has 2 heteroatoms. The predicted molar refractivity (Wildman–Crippen MR) is 76.4 cm³/mol. The van der Waals surface area contributed by atoms with Crippen molar-refractivity contribution in [2.45, 2.75) is 58.9 Å². The summed E-state index contributed by atoms with van der Waals surface area (Å²) in [5.74, 6) is 1.41. The quantitative estimate of drug-likeness (QED) is 0.878. The summed E-state index contributed by atoms with van der Waals surface area (Å²) in [5.41, 5.74) is 10.1. The van der Waals surface area contributed by atoms with Crippen LogP contribution in [0.15, 0.2) is 12.3 Å². The Morgan fingerprint density at radius 1 is 1.33 bits per heavy atom. The largest absolute Gasteiger partial charge is 0.322 e. The zero-order valence-electron chi connectivity index (χ0n) is 11.9. The van der Waals surface area contributed by atoms with Gasteiger partial charge in [-0.05, 0) is 43.2 Å². The van der Waals surface area contributed by atoms with Crippen molar-refractivity contribution >= 4 is 0 Å². The summed E-state index contributed by atoms with van der Waals surface area (Å²) in [6, 6.07) is 2.32. The molecule has 3 atom stereocenters. The van der Waals surface area contributed by atoms with E-state index in [4.69, 9.17) is 5.73 Å². The van der Waals surface area contributed by atoms with Crippen molar-refractivity contribution in [3.63, 3.8) is 0 Å². The van der Waals surface area contributed by atoms with Gasteiger partial charge in [-0.2, -0.15) is 0 Å². The number of nitrogens with zero attached hydrogens (tertiary/aromatic N) is 1. The molecular weight excluding hydrogens is 220 g/mol. The van der Waals surface area contributed by atoms with Crippen molar-refractivity contribution in [1.29, 1.82) is 0 Å². The van der Waals surface area contributed by atoms with Crippen LogP contribution in [0.2, 0.25) is 0 Å². The number of rotatable bonds is 3. The Bertz CT molecular complexity index is 400. The summed E-state index contributed by atoms with van der Waals surface area (Å²) in [6.45, 7) is 6.52. The third kappa shape index (κ3) is 2.74. The molecule has 1 heterocycles. The number of aryl methyl sites for hydroxylation is 2. The lowest BCUT2D eigenvalue weighted by Gasteiger charge is -2.35. The van der Waals surface area contributed by atoms with Gasteiger partial charge in [0, 0.05) is 6.20 Å². The Morgan fingerprint density at radius 2 is 2.06 bits per heavy atom. The second kappa shape index (κ2) is 5.83. The summed E-state index contributed by atoms with van der Waals surface area (Å²) in [4.78, 5) is 4.60. The van der Waals surface area contributed by atoms with E-state index in [1.165, 1.54) is 43.2 Å². The third-order valence-electron chi connectivity index (χ3n) is 4.52. The van der Waals surface area contributed by atoms with Crippen LogP contribution in [0.4, 0.5) is 0 Å². The van der Waals surface area contributed by atoms with Crippen molar-refractivity contribution in [3.05, 3.63) is 29.1 Å². The van der Waals surface area contributed by atoms with Gasteiger partial charge in [-0.25, -0.2) is 0 Å². The minimum atomic E-state index is 0.121. The third-order valence-corrected chi connectivity index (χ3v) is 4.52. The second-order valence-electron chi connectivity index (χ2n) is 5.86. The number of hydrogen-bond donors (Lipinski definition) is 1. The Kier molecular flexibility index (Phi) is 4.39. The maximum Gasteiger partial charge on any atom is 0.0603 e. The molecule has 1 aromatic heterocycles. The van der Waals surface area contributed by atoms with Crippen molar-refractivity contribution in [1.82, 2.24) is 4.98 Å². The fraction of sp³-hybridized carbons (Fsp3) is 0.688. The Hall–Kier alpha value is -0.890. The first kappa shape index (κ1) is 13.5. The van der Waals surface area contributed by atoms with Crippen molar-refractivity contribution in [2.75, 3.05) is 0 Å². The second-order valence-corrected chi connectivity index (χ2v) is 5.86. The molecule has 1 fully saturated rings. The molecule has 2 nitrogen and oxygen atoms in total. The summed E-state index contributed by atoms with van der Waals surface area (Å²) in [7, 11) is 0. The van der Waals surface area contributed by atoms with Gasteiger partial charge in [0.25, 0.3) is 0 Å². The molecule has 1 aliphatic carbocycles. The number of hydrogen-bond acceptors (Lipinski definition) is 2. The summed E-state index contributed by atoms with van der Waals surface area (Å²) in [5, 5.41) is 0. The molecule has 0 aromatic carbocycles. The molecule has 2 rings (SSSR count). The molecule has 0 amide bonds. The first-order valence-corrected chi connectivity index (χ1v) is 7.32. The molecule has 1 aromatic rings. The fourth-order valence-corrected chi connectivity index (χ4v) is 3.49. The molecule has 2 N–H and O–H groups in total. The van der Waals surface area contributed by atoms with Crippen molar-refractivity contribution < 1.29 is 0 Å². The van der Waals surface area contributed by atoms with Crippen molar-refractivity contribution in [2.24, 2.45) is 17.6 Å².